The van der Waals surface area contributed by atoms with Gasteiger partial charge >= 0.3 is 6.03 Å². The summed E-state index contributed by atoms with van der Waals surface area (Å²) in [6, 6.07) is 6.05. The molecule has 1 atom stereocenters. The van der Waals surface area contributed by atoms with Gasteiger partial charge in [-0.15, -0.1) is 0 Å². The van der Waals surface area contributed by atoms with Gasteiger partial charge in [0.1, 0.15) is 0 Å². The average molecular weight is 262 g/mol. The maximum atomic E-state index is 12.3. The molecule has 3 heterocycles. The Bertz CT molecular complexity index is 479. The Labute approximate surface area is 112 Å². The summed E-state index contributed by atoms with van der Waals surface area (Å²) < 4.78 is 5.11. The van der Waals surface area contributed by atoms with E-state index in [1.165, 1.54) is 0 Å². The zero-order chi connectivity index (χ0) is 13.2. The van der Waals surface area contributed by atoms with Crippen LogP contribution in [-0.2, 0) is 6.54 Å². The number of methoxy groups -OCH3 is 1. The summed E-state index contributed by atoms with van der Waals surface area (Å²) in [6.45, 7) is 3.88. The first-order valence-corrected chi connectivity index (χ1v) is 6.54. The van der Waals surface area contributed by atoms with E-state index in [0.29, 0.717) is 18.5 Å². The number of aromatic nitrogens is 1. The Balaban J connectivity index is 1.71. The molecule has 0 bridgehead atoms. The fourth-order valence-electron chi connectivity index (χ4n) is 2.68. The summed E-state index contributed by atoms with van der Waals surface area (Å²) in [6.07, 6.45) is 0. The molecular formula is C13H18N4O2. The highest BCUT2D eigenvalue weighted by molar-refractivity contribution is 5.77. The summed E-state index contributed by atoms with van der Waals surface area (Å²) in [5.74, 6) is 0.587. The van der Waals surface area contributed by atoms with Gasteiger partial charge in [-0.3, -0.25) is 0 Å². The summed E-state index contributed by atoms with van der Waals surface area (Å²) in [5, 5.41) is 3.32. The number of pyridine rings is 1. The van der Waals surface area contributed by atoms with E-state index in [4.69, 9.17) is 4.74 Å². The number of nitrogens with one attached hydrogen (secondary N) is 1. The first-order valence-electron chi connectivity index (χ1n) is 6.54. The molecule has 2 aliphatic rings. The SMILES string of the molecule is COc1cccc(CN2CC3CNCCN3C2=O)n1. The maximum Gasteiger partial charge on any atom is 0.320 e. The zero-order valence-corrected chi connectivity index (χ0v) is 11.0. The van der Waals surface area contributed by atoms with Gasteiger partial charge in [0, 0.05) is 32.2 Å². The Kier molecular flexibility index (Phi) is 3.25. The van der Waals surface area contributed by atoms with Crippen molar-refractivity contribution in [1.29, 1.82) is 0 Å². The second kappa shape index (κ2) is 5.05. The first-order chi connectivity index (χ1) is 9.28. The molecule has 0 spiro atoms. The number of hydrogen-bond donors (Lipinski definition) is 1. The van der Waals surface area contributed by atoms with Crippen LogP contribution in [0.15, 0.2) is 18.2 Å². The van der Waals surface area contributed by atoms with E-state index in [1.54, 1.807) is 7.11 Å². The Morgan fingerprint density at radius 3 is 3.21 bits per heavy atom. The fraction of sp³-hybridized carbons (Fsp3) is 0.538. The Morgan fingerprint density at radius 2 is 2.42 bits per heavy atom. The number of fused-ring (bicyclic) bond motifs is 1. The molecule has 6 heteroatoms. The number of amides is 2. The molecule has 0 saturated carbocycles. The molecule has 6 nitrogen and oxygen atoms in total. The molecule has 2 fully saturated rings. The number of hydrogen-bond acceptors (Lipinski definition) is 4. The minimum atomic E-state index is 0.121. The predicted molar refractivity (Wildman–Crippen MR) is 70.0 cm³/mol. The second-order valence-corrected chi connectivity index (χ2v) is 4.89. The highest BCUT2D eigenvalue weighted by Crippen LogP contribution is 2.19. The van der Waals surface area contributed by atoms with Crippen molar-refractivity contribution in [1.82, 2.24) is 20.1 Å². The molecule has 0 aliphatic carbocycles. The lowest BCUT2D eigenvalue weighted by Gasteiger charge is -2.28. The Morgan fingerprint density at radius 1 is 1.53 bits per heavy atom. The van der Waals surface area contributed by atoms with Gasteiger partial charge in [-0.25, -0.2) is 9.78 Å². The minimum Gasteiger partial charge on any atom is -0.481 e. The van der Waals surface area contributed by atoms with Crippen LogP contribution in [-0.4, -0.2) is 60.1 Å². The minimum absolute atomic E-state index is 0.121. The summed E-state index contributed by atoms with van der Waals surface area (Å²) in [7, 11) is 1.60. The highest BCUT2D eigenvalue weighted by atomic mass is 16.5. The van der Waals surface area contributed by atoms with Crippen LogP contribution in [0.4, 0.5) is 4.79 Å². The van der Waals surface area contributed by atoms with Crippen molar-refractivity contribution in [3.63, 3.8) is 0 Å². The summed E-state index contributed by atoms with van der Waals surface area (Å²) in [4.78, 5) is 20.4. The number of ether oxygens (including phenoxy) is 1. The van der Waals surface area contributed by atoms with Gasteiger partial charge in [0.2, 0.25) is 5.88 Å². The number of rotatable bonds is 3. The molecule has 1 aromatic rings. The Hall–Kier alpha value is -1.82. The third-order valence-corrected chi connectivity index (χ3v) is 3.64. The quantitative estimate of drug-likeness (QED) is 0.851. The lowest BCUT2D eigenvalue weighted by atomic mass is 10.2. The smallest absolute Gasteiger partial charge is 0.320 e. The van der Waals surface area contributed by atoms with Crippen molar-refractivity contribution in [2.45, 2.75) is 12.6 Å². The van der Waals surface area contributed by atoms with Crippen molar-refractivity contribution in [2.24, 2.45) is 0 Å². The molecule has 1 unspecified atom stereocenters. The van der Waals surface area contributed by atoms with E-state index in [2.05, 4.69) is 10.3 Å². The van der Waals surface area contributed by atoms with Crippen LogP contribution in [0, 0.1) is 0 Å². The standard InChI is InChI=1S/C13H18N4O2/c1-19-12-4-2-3-10(15-12)8-16-9-11-7-14-5-6-17(11)13(16)18/h2-4,11,14H,5-9H2,1H3. The molecular weight excluding hydrogens is 244 g/mol. The number of carbonyl (C=O) groups excluding carboxylic acids is 1. The second-order valence-electron chi connectivity index (χ2n) is 4.89. The monoisotopic (exact) mass is 262 g/mol. The molecule has 0 aromatic carbocycles. The number of piperazine rings is 1. The van der Waals surface area contributed by atoms with Gasteiger partial charge < -0.3 is 19.9 Å². The van der Waals surface area contributed by atoms with Crippen LogP contribution in [0.3, 0.4) is 0 Å². The van der Waals surface area contributed by atoms with Crippen LogP contribution in [0.1, 0.15) is 5.69 Å². The number of carbonyl (C=O) groups is 1. The van der Waals surface area contributed by atoms with E-state index < -0.39 is 0 Å². The molecule has 3 rings (SSSR count). The number of urea groups is 1. The van der Waals surface area contributed by atoms with Gasteiger partial charge in [-0.05, 0) is 6.07 Å². The van der Waals surface area contributed by atoms with Crippen molar-refractivity contribution >= 4 is 6.03 Å². The van der Waals surface area contributed by atoms with Crippen molar-refractivity contribution in [2.75, 3.05) is 33.3 Å². The van der Waals surface area contributed by atoms with Gasteiger partial charge in [0.25, 0.3) is 0 Å². The average Bonchev–Trinajstić information content (AvgIpc) is 2.76. The predicted octanol–water partition coefficient (Wildman–Crippen LogP) is 0.300. The van der Waals surface area contributed by atoms with Gasteiger partial charge in [0.15, 0.2) is 0 Å². The van der Waals surface area contributed by atoms with Crippen LogP contribution >= 0.6 is 0 Å². The van der Waals surface area contributed by atoms with Crippen LogP contribution in [0.25, 0.3) is 0 Å². The van der Waals surface area contributed by atoms with Gasteiger partial charge in [-0.1, -0.05) is 6.07 Å². The molecule has 2 amide bonds. The van der Waals surface area contributed by atoms with E-state index in [0.717, 1.165) is 31.9 Å². The normalized spacial score (nSPS) is 22.6. The molecule has 19 heavy (non-hydrogen) atoms. The summed E-state index contributed by atoms with van der Waals surface area (Å²) >= 11 is 0. The summed E-state index contributed by atoms with van der Waals surface area (Å²) in [5.41, 5.74) is 0.862. The van der Waals surface area contributed by atoms with Crippen LogP contribution in [0.2, 0.25) is 0 Å². The van der Waals surface area contributed by atoms with Crippen molar-refractivity contribution < 1.29 is 9.53 Å². The van der Waals surface area contributed by atoms with E-state index >= 15 is 0 Å². The lowest BCUT2D eigenvalue weighted by molar-refractivity contribution is 0.178. The first kappa shape index (κ1) is 12.2. The van der Waals surface area contributed by atoms with Gasteiger partial charge in [0.05, 0.1) is 25.4 Å². The highest BCUT2D eigenvalue weighted by Gasteiger charge is 2.38. The largest absolute Gasteiger partial charge is 0.481 e. The molecule has 0 radical (unpaired) electrons. The van der Waals surface area contributed by atoms with Gasteiger partial charge in [-0.2, -0.15) is 0 Å². The van der Waals surface area contributed by atoms with E-state index in [9.17, 15) is 4.79 Å². The van der Waals surface area contributed by atoms with Crippen LogP contribution < -0.4 is 10.1 Å². The zero-order valence-electron chi connectivity index (χ0n) is 11.0. The van der Waals surface area contributed by atoms with E-state index in [1.807, 2.05) is 28.0 Å². The van der Waals surface area contributed by atoms with Crippen molar-refractivity contribution in [3.8, 4) is 5.88 Å². The lowest BCUT2D eigenvalue weighted by Crippen LogP contribution is -2.49. The molecule has 2 saturated heterocycles. The number of nitrogens with zero attached hydrogens (tertiary/aromatic N) is 3. The maximum absolute atomic E-state index is 12.3. The third kappa shape index (κ3) is 2.35. The molecule has 2 aliphatic heterocycles. The van der Waals surface area contributed by atoms with Crippen LogP contribution in [0.5, 0.6) is 5.88 Å². The van der Waals surface area contributed by atoms with E-state index in [-0.39, 0.29) is 6.03 Å². The topological polar surface area (TPSA) is 57.7 Å². The third-order valence-electron chi connectivity index (χ3n) is 3.64. The van der Waals surface area contributed by atoms with Crippen molar-refractivity contribution in [3.05, 3.63) is 23.9 Å². The molecule has 1 aromatic heterocycles. The fourth-order valence-corrected chi connectivity index (χ4v) is 2.68. The molecule has 1 N–H and O–H groups in total. The molecule has 102 valence electrons.